The van der Waals surface area contributed by atoms with Gasteiger partial charge in [0.05, 0.1) is 5.56 Å². The lowest BCUT2D eigenvalue weighted by Crippen LogP contribution is -2.40. The van der Waals surface area contributed by atoms with Crippen LogP contribution in [0.2, 0.25) is 0 Å². The van der Waals surface area contributed by atoms with Crippen molar-refractivity contribution in [1.29, 1.82) is 0 Å². The van der Waals surface area contributed by atoms with Gasteiger partial charge in [-0.1, -0.05) is 32.6 Å². The number of amides is 1. The summed E-state index contributed by atoms with van der Waals surface area (Å²) in [4.78, 5) is 30.1. The number of nitrogens with one attached hydrogen (secondary N) is 1. The summed E-state index contributed by atoms with van der Waals surface area (Å²) in [5.41, 5.74) is 0.399. The van der Waals surface area contributed by atoms with Gasteiger partial charge < -0.3 is 15.3 Å². The van der Waals surface area contributed by atoms with Crippen LogP contribution in [-0.2, 0) is 4.79 Å². The van der Waals surface area contributed by atoms with Crippen LogP contribution in [-0.4, -0.2) is 41.1 Å². The third-order valence-corrected chi connectivity index (χ3v) is 4.39. The Morgan fingerprint density at radius 3 is 2.50 bits per heavy atom. The lowest BCUT2D eigenvalue weighted by Gasteiger charge is -2.21. The lowest BCUT2D eigenvalue weighted by atomic mass is 10.1. The van der Waals surface area contributed by atoms with Gasteiger partial charge in [0.25, 0.3) is 5.91 Å². The molecule has 0 aliphatic carbocycles. The second kappa shape index (κ2) is 9.25. The maximum atomic E-state index is 12.2. The van der Waals surface area contributed by atoms with Crippen LogP contribution < -0.4 is 10.2 Å². The first-order valence-electron chi connectivity index (χ1n) is 8.86. The molecule has 6 nitrogen and oxygen atoms in total. The summed E-state index contributed by atoms with van der Waals surface area (Å²) in [6.07, 6.45) is 8.49. The summed E-state index contributed by atoms with van der Waals surface area (Å²) < 4.78 is 0. The standard InChI is InChI=1S/C18H27N3O3/c1-2-3-8-15(18(23)24)20-17(22)14-9-10-16(19-13-14)21-11-6-4-5-7-12-21/h9-10,13,15H,2-8,11-12H2,1H3,(H,20,22)(H,23,24). The van der Waals surface area contributed by atoms with E-state index in [1.165, 1.54) is 31.9 Å². The molecule has 1 aliphatic heterocycles. The fourth-order valence-corrected chi connectivity index (χ4v) is 2.91. The molecule has 1 aromatic heterocycles. The number of rotatable bonds is 7. The monoisotopic (exact) mass is 333 g/mol. The molecule has 2 heterocycles. The number of nitrogens with zero attached hydrogens (tertiary/aromatic N) is 2. The molecule has 0 radical (unpaired) electrons. The summed E-state index contributed by atoms with van der Waals surface area (Å²) in [7, 11) is 0. The number of carbonyl (C=O) groups is 2. The van der Waals surface area contributed by atoms with Gasteiger partial charge in [0, 0.05) is 19.3 Å². The normalized spacial score (nSPS) is 16.3. The number of aromatic nitrogens is 1. The third-order valence-electron chi connectivity index (χ3n) is 4.39. The molecule has 1 aliphatic rings. The molecule has 2 rings (SSSR count). The van der Waals surface area contributed by atoms with Crippen molar-refractivity contribution in [1.82, 2.24) is 10.3 Å². The highest BCUT2D eigenvalue weighted by Gasteiger charge is 2.20. The zero-order valence-corrected chi connectivity index (χ0v) is 14.3. The fraction of sp³-hybridized carbons (Fsp3) is 0.611. The Labute approximate surface area is 143 Å². The summed E-state index contributed by atoms with van der Waals surface area (Å²) in [6, 6.07) is 2.73. The minimum atomic E-state index is -0.994. The Morgan fingerprint density at radius 1 is 1.25 bits per heavy atom. The topological polar surface area (TPSA) is 82.5 Å². The first-order valence-corrected chi connectivity index (χ1v) is 8.86. The molecule has 6 heteroatoms. The van der Waals surface area contributed by atoms with Gasteiger partial charge in [-0.2, -0.15) is 0 Å². The number of unbranched alkanes of at least 4 members (excludes halogenated alkanes) is 1. The SMILES string of the molecule is CCCCC(NC(=O)c1ccc(N2CCCCCC2)nc1)C(=O)O. The number of carboxylic acid groups (broad SMARTS) is 1. The highest BCUT2D eigenvalue weighted by Crippen LogP contribution is 2.17. The van der Waals surface area contributed by atoms with E-state index in [4.69, 9.17) is 0 Å². The van der Waals surface area contributed by atoms with Crippen LogP contribution in [0.3, 0.4) is 0 Å². The molecule has 1 unspecified atom stereocenters. The van der Waals surface area contributed by atoms with E-state index >= 15 is 0 Å². The average Bonchev–Trinajstić information content (AvgIpc) is 2.87. The van der Waals surface area contributed by atoms with Crippen molar-refractivity contribution >= 4 is 17.7 Å². The summed E-state index contributed by atoms with van der Waals surface area (Å²) in [5, 5.41) is 11.8. The molecule has 2 N–H and O–H groups in total. The van der Waals surface area contributed by atoms with Crippen LogP contribution in [0.4, 0.5) is 5.82 Å². The average molecular weight is 333 g/mol. The minimum Gasteiger partial charge on any atom is -0.480 e. The Balaban J connectivity index is 1.98. The molecule has 0 spiro atoms. The fourth-order valence-electron chi connectivity index (χ4n) is 2.91. The molecule has 24 heavy (non-hydrogen) atoms. The Morgan fingerprint density at radius 2 is 1.96 bits per heavy atom. The van der Waals surface area contributed by atoms with Crippen molar-refractivity contribution in [2.24, 2.45) is 0 Å². The van der Waals surface area contributed by atoms with Crippen LogP contribution in [0.1, 0.15) is 62.2 Å². The van der Waals surface area contributed by atoms with Crippen LogP contribution in [0.15, 0.2) is 18.3 Å². The van der Waals surface area contributed by atoms with Crippen LogP contribution in [0.25, 0.3) is 0 Å². The molecule has 1 atom stereocenters. The summed E-state index contributed by atoms with van der Waals surface area (Å²) in [6.45, 7) is 3.99. The molecular weight excluding hydrogens is 306 g/mol. The van der Waals surface area contributed by atoms with Gasteiger partial charge in [-0.25, -0.2) is 9.78 Å². The van der Waals surface area contributed by atoms with E-state index in [1.54, 1.807) is 6.07 Å². The first-order chi connectivity index (χ1) is 11.6. The van der Waals surface area contributed by atoms with Gasteiger partial charge in [0.2, 0.25) is 0 Å². The molecule has 0 aromatic carbocycles. The van der Waals surface area contributed by atoms with Crippen LogP contribution in [0.5, 0.6) is 0 Å². The molecular formula is C18H27N3O3. The Kier molecular flexibility index (Phi) is 7.03. The summed E-state index contributed by atoms with van der Waals surface area (Å²) in [5.74, 6) is -0.492. The zero-order valence-electron chi connectivity index (χ0n) is 14.3. The maximum Gasteiger partial charge on any atom is 0.326 e. The van der Waals surface area contributed by atoms with E-state index in [2.05, 4.69) is 15.2 Å². The Hall–Kier alpha value is -2.11. The van der Waals surface area contributed by atoms with Crippen molar-refractivity contribution in [3.63, 3.8) is 0 Å². The van der Waals surface area contributed by atoms with Crippen LogP contribution in [0, 0.1) is 0 Å². The van der Waals surface area contributed by atoms with E-state index in [0.29, 0.717) is 12.0 Å². The number of carbonyl (C=O) groups excluding carboxylic acids is 1. The molecule has 132 valence electrons. The Bertz CT molecular complexity index is 537. The predicted molar refractivity (Wildman–Crippen MR) is 93.3 cm³/mol. The quantitative estimate of drug-likeness (QED) is 0.802. The largest absolute Gasteiger partial charge is 0.480 e. The van der Waals surface area contributed by atoms with E-state index in [-0.39, 0.29) is 5.91 Å². The number of hydrogen-bond donors (Lipinski definition) is 2. The first kappa shape index (κ1) is 18.2. The van der Waals surface area contributed by atoms with Crippen molar-refractivity contribution in [2.75, 3.05) is 18.0 Å². The van der Waals surface area contributed by atoms with Crippen molar-refractivity contribution < 1.29 is 14.7 Å². The highest BCUT2D eigenvalue weighted by atomic mass is 16.4. The smallest absolute Gasteiger partial charge is 0.326 e. The number of carboxylic acids is 1. The zero-order chi connectivity index (χ0) is 17.4. The van der Waals surface area contributed by atoms with Crippen molar-refractivity contribution in [2.45, 2.75) is 57.9 Å². The van der Waals surface area contributed by atoms with Gasteiger partial charge in [0.1, 0.15) is 11.9 Å². The van der Waals surface area contributed by atoms with E-state index in [1.807, 2.05) is 13.0 Å². The molecule has 0 bridgehead atoms. The molecule has 1 fully saturated rings. The number of aliphatic carboxylic acids is 1. The van der Waals surface area contributed by atoms with E-state index in [0.717, 1.165) is 31.7 Å². The third kappa shape index (κ3) is 5.22. The van der Waals surface area contributed by atoms with Gasteiger partial charge in [-0.15, -0.1) is 0 Å². The molecule has 1 aromatic rings. The predicted octanol–water partition coefficient (Wildman–Crippen LogP) is 2.84. The second-order valence-corrected chi connectivity index (χ2v) is 6.31. The maximum absolute atomic E-state index is 12.2. The van der Waals surface area contributed by atoms with Crippen molar-refractivity contribution in [3.05, 3.63) is 23.9 Å². The lowest BCUT2D eigenvalue weighted by molar-refractivity contribution is -0.139. The van der Waals surface area contributed by atoms with Gasteiger partial charge in [-0.3, -0.25) is 4.79 Å². The molecule has 1 saturated heterocycles. The summed E-state index contributed by atoms with van der Waals surface area (Å²) >= 11 is 0. The number of pyridine rings is 1. The highest BCUT2D eigenvalue weighted by molar-refractivity contribution is 5.96. The molecule has 1 amide bonds. The van der Waals surface area contributed by atoms with Crippen molar-refractivity contribution in [3.8, 4) is 0 Å². The molecule has 0 saturated carbocycles. The minimum absolute atomic E-state index is 0.381. The van der Waals surface area contributed by atoms with Gasteiger partial charge in [0.15, 0.2) is 0 Å². The van der Waals surface area contributed by atoms with E-state index < -0.39 is 12.0 Å². The second-order valence-electron chi connectivity index (χ2n) is 6.31. The van der Waals surface area contributed by atoms with Gasteiger partial charge >= 0.3 is 5.97 Å². The number of hydrogen-bond acceptors (Lipinski definition) is 4. The van der Waals surface area contributed by atoms with E-state index in [9.17, 15) is 14.7 Å². The van der Waals surface area contributed by atoms with Crippen LogP contribution >= 0.6 is 0 Å². The van der Waals surface area contributed by atoms with Gasteiger partial charge in [-0.05, 0) is 31.4 Å². The number of anilines is 1.